The van der Waals surface area contributed by atoms with E-state index in [1.165, 1.54) is 24.3 Å². The van der Waals surface area contributed by atoms with Crippen molar-refractivity contribution in [3.8, 4) is 5.75 Å². The van der Waals surface area contributed by atoms with Crippen molar-refractivity contribution in [1.82, 2.24) is 0 Å². The van der Waals surface area contributed by atoms with Crippen LogP contribution in [-0.2, 0) is 9.53 Å². The summed E-state index contributed by atoms with van der Waals surface area (Å²) in [4.78, 5) is 33.5. The Hall–Kier alpha value is -2.93. The number of carbonyl (C=O) groups excluding carboxylic acids is 2. The molecule has 25 heavy (non-hydrogen) atoms. The molecule has 2 aromatic carbocycles. The third-order valence-electron chi connectivity index (χ3n) is 3.25. The van der Waals surface area contributed by atoms with Crippen LogP contribution in [0.3, 0.4) is 0 Å². The molecule has 0 fully saturated rings. The molecule has 0 radical (unpaired) electrons. The molecule has 0 N–H and O–H groups in total. The number of esters is 1. The molecule has 130 valence electrons. The maximum absolute atomic E-state index is 11.9. The fourth-order valence-corrected chi connectivity index (χ4v) is 2.01. The van der Waals surface area contributed by atoms with Crippen LogP contribution >= 0.6 is 11.6 Å². The van der Waals surface area contributed by atoms with Gasteiger partial charge in [-0.2, -0.15) is 0 Å². The van der Waals surface area contributed by atoms with Gasteiger partial charge in [0.2, 0.25) is 0 Å². The minimum atomic E-state index is -0.706. The van der Waals surface area contributed by atoms with Crippen LogP contribution in [0.4, 0.5) is 5.69 Å². The number of ether oxygens (including phenoxy) is 2. The summed E-state index contributed by atoms with van der Waals surface area (Å²) in [6, 6.07) is 9.97. The molecule has 2 aromatic rings. The van der Waals surface area contributed by atoms with E-state index in [9.17, 15) is 19.7 Å². The molecule has 0 aliphatic heterocycles. The summed E-state index contributed by atoms with van der Waals surface area (Å²) in [6.45, 7) is 0.977. The smallest absolute Gasteiger partial charge is 0.344 e. The SMILES string of the molecule is Cc1cc(OCC(=O)OCC(=O)c2ccc([N+](=O)[O-])cc2)ccc1Cl. The lowest BCUT2D eigenvalue weighted by atomic mass is 10.1. The molecule has 0 heterocycles. The van der Waals surface area contributed by atoms with Crippen LogP contribution < -0.4 is 4.74 Å². The van der Waals surface area contributed by atoms with Gasteiger partial charge in [0.15, 0.2) is 19.0 Å². The van der Waals surface area contributed by atoms with Gasteiger partial charge in [0.05, 0.1) is 4.92 Å². The Morgan fingerprint density at radius 2 is 1.80 bits per heavy atom. The van der Waals surface area contributed by atoms with Crippen LogP contribution in [0.1, 0.15) is 15.9 Å². The first-order valence-electron chi connectivity index (χ1n) is 7.19. The third-order valence-corrected chi connectivity index (χ3v) is 3.67. The number of hydrogen-bond acceptors (Lipinski definition) is 6. The van der Waals surface area contributed by atoms with E-state index in [-0.39, 0.29) is 17.9 Å². The van der Waals surface area contributed by atoms with Gasteiger partial charge in [-0.1, -0.05) is 11.6 Å². The predicted octanol–water partition coefficient (Wildman–Crippen LogP) is 3.36. The van der Waals surface area contributed by atoms with Crippen LogP contribution in [0.25, 0.3) is 0 Å². The van der Waals surface area contributed by atoms with Crippen molar-refractivity contribution in [3.63, 3.8) is 0 Å². The summed E-state index contributed by atoms with van der Waals surface area (Å²) in [7, 11) is 0. The zero-order valence-electron chi connectivity index (χ0n) is 13.2. The first-order chi connectivity index (χ1) is 11.9. The Kier molecular flexibility index (Phi) is 6.08. The van der Waals surface area contributed by atoms with Crippen molar-refractivity contribution < 1.29 is 24.0 Å². The van der Waals surface area contributed by atoms with Crippen LogP contribution in [0, 0.1) is 17.0 Å². The summed E-state index contributed by atoms with van der Waals surface area (Å²) in [5, 5.41) is 11.1. The maximum Gasteiger partial charge on any atom is 0.344 e. The second-order valence-corrected chi connectivity index (χ2v) is 5.49. The first kappa shape index (κ1) is 18.4. The van der Waals surface area contributed by atoms with Crippen molar-refractivity contribution in [2.75, 3.05) is 13.2 Å². The number of nitro groups is 1. The first-order valence-corrected chi connectivity index (χ1v) is 7.57. The summed E-state index contributed by atoms with van der Waals surface area (Å²) in [5.74, 6) is -0.714. The van der Waals surface area contributed by atoms with Gasteiger partial charge < -0.3 is 9.47 Å². The van der Waals surface area contributed by atoms with Gasteiger partial charge in [-0.05, 0) is 42.8 Å². The molecule has 0 spiro atoms. The molecule has 0 saturated heterocycles. The number of nitro benzene ring substituents is 1. The van der Waals surface area contributed by atoms with E-state index in [2.05, 4.69) is 0 Å². The second-order valence-electron chi connectivity index (χ2n) is 5.09. The van der Waals surface area contributed by atoms with Crippen molar-refractivity contribution in [1.29, 1.82) is 0 Å². The van der Waals surface area contributed by atoms with Crippen LogP contribution in [0.2, 0.25) is 5.02 Å². The minimum Gasteiger partial charge on any atom is -0.482 e. The molecule has 0 saturated carbocycles. The minimum absolute atomic E-state index is 0.125. The Morgan fingerprint density at radius 1 is 1.12 bits per heavy atom. The lowest BCUT2D eigenvalue weighted by Crippen LogP contribution is -2.19. The van der Waals surface area contributed by atoms with Crippen molar-refractivity contribution >= 4 is 29.0 Å². The van der Waals surface area contributed by atoms with E-state index in [4.69, 9.17) is 21.1 Å². The predicted molar refractivity (Wildman–Crippen MR) is 90.1 cm³/mol. The van der Waals surface area contributed by atoms with E-state index >= 15 is 0 Å². The van der Waals surface area contributed by atoms with Gasteiger partial charge in [0, 0.05) is 22.7 Å². The number of rotatable bonds is 7. The second kappa shape index (κ2) is 8.25. The van der Waals surface area contributed by atoms with E-state index in [0.717, 1.165) is 5.56 Å². The Morgan fingerprint density at radius 3 is 2.40 bits per heavy atom. The third kappa shape index (κ3) is 5.29. The largest absolute Gasteiger partial charge is 0.482 e. The van der Waals surface area contributed by atoms with Gasteiger partial charge >= 0.3 is 5.97 Å². The zero-order valence-corrected chi connectivity index (χ0v) is 14.0. The van der Waals surface area contributed by atoms with Crippen molar-refractivity contribution in [2.24, 2.45) is 0 Å². The van der Waals surface area contributed by atoms with Crippen LogP contribution in [0.15, 0.2) is 42.5 Å². The lowest BCUT2D eigenvalue weighted by Gasteiger charge is -2.08. The molecular weight excluding hydrogens is 350 g/mol. The fraction of sp³-hybridized carbons (Fsp3) is 0.176. The number of carbonyl (C=O) groups is 2. The van der Waals surface area contributed by atoms with Gasteiger partial charge in [-0.3, -0.25) is 14.9 Å². The van der Waals surface area contributed by atoms with Crippen molar-refractivity contribution in [2.45, 2.75) is 6.92 Å². The summed E-state index contributed by atoms with van der Waals surface area (Å²) < 4.78 is 10.1. The Labute approximate surface area is 148 Å². The highest BCUT2D eigenvalue weighted by Gasteiger charge is 2.12. The summed E-state index contributed by atoms with van der Waals surface area (Å²) in [5.41, 5.74) is 0.897. The topological polar surface area (TPSA) is 95.7 Å². The molecule has 0 amide bonds. The van der Waals surface area contributed by atoms with E-state index in [1.54, 1.807) is 25.1 Å². The van der Waals surface area contributed by atoms with Crippen molar-refractivity contribution in [3.05, 3.63) is 68.7 Å². The molecule has 0 aromatic heterocycles. The van der Waals surface area contributed by atoms with E-state index in [1.807, 2.05) is 0 Å². The average molecular weight is 364 g/mol. The number of halogens is 1. The Bertz CT molecular complexity index is 803. The number of hydrogen-bond donors (Lipinski definition) is 0. The highest BCUT2D eigenvalue weighted by molar-refractivity contribution is 6.31. The van der Waals surface area contributed by atoms with Crippen LogP contribution in [0.5, 0.6) is 5.75 Å². The normalized spacial score (nSPS) is 10.2. The zero-order chi connectivity index (χ0) is 18.4. The number of non-ortho nitro benzene ring substituents is 1. The highest BCUT2D eigenvalue weighted by atomic mass is 35.5. The van der Waals surface area contributed by atoms with E-state index < -0.39 is 23.3 Å². The molecule has 0 bridgehead atoms. The Balaban J connectivity index is 1.81. The van der Waals surface area contributed by atoms with Crippen LogP contribution in [-0.4, -0.2) is 29.9 Å². The number of nitrogens with zero attached hydrogens (tertiary/aromatic N) is 1. The van der Waals surface area contributed by atoms with Gasteiger partial charge in [-0.25, -0.2) is 4.79 Å². The standard InChI is InChI=1S/C17H14ClNO6/c1-11-8-14(6-7-15(11)18)24-10-17(21)25-9-16(20)12-2-4-13(5-3-12)19(22)23/h2-8H,9-10H2,1H3. The molecular formula is C17H14ClNO6. The molecule has 8 heteroatoms. The number of aryl methyl sites for hydroxylation is 1. The number of Topliss-reactive ketones (excluding diaryl/α,β-unsaturated/α-hetero) is 1. The van der Waals surface area contributed by atoms with Gasteiger partial charge in [-0.15, -0.1) is 0 Å². The molecule has 7 nitrogen and oxygen atoms in total. The molecule has 0 aliphatic carbocycles. The quantitative estimate of drug-likeness (QED) is 0.324. The maximum atomic E-state index is 11.9. The van der Waals surface area contributed by atoms with Gasteiger partial charge in [0.1, 0.15) is 5.75 Å². The fourth-order valence-electron chi connectivity index (χ4n) is 1.89. The van der Waals surface area contributed by atoms with Gasteiger partial charge in [0.25, 0.3) is 5.69 Å². The summed E-state index contributed by atoms with van der Waals surface area (Å²) in [6.07, 6.45) is 0. The molecule has 0 aliphatic rings. The monoisotopic (exact) mass is 363 g/mol. The number of benzene rings is 2. The highest BCUT2D eigenvalue weighted by Crippen LogP contribution is 2.21. The number of ketones is 1. The molecule has 0 atom stereocenters. The van der Waals surface area contributed by atoms with E-state index in [0.29, 0.717) is 10.8 Å². The molecule has 2 rings (SSSR count). The lowest BCUT2D eigenvalue weighted by molar-refractivity contribution is -0.384. The summed E-state index contributed by atoms with van der Waals surface area (Å²) >= 11 is 5.89. The average Bonchev–Trinajstić information content (AvgIpc) is 2.60. The molecule has 0 unspecified atom stereocenters.